The summed E-state index contributed by atoms with van der Waals surface area (Å²) >= 11 is 0. The lowest BCUT2D eigenvalue weighted by Crippen LogP contribution is -2.19. The smallest absolute Gasteiger partial charge is 0.489 e. The highest BCUT2D eigenvalue weighted by Gasteiger charge is 2.33. The first-order chi connectivity index (χ1) is 15.4. The molecule has 1 heterocycles. The van der Waals surface area contributed by atoms with Crippen LogP contribution in [-0.2, 0) is 21.2 Å². The number of hydrogen-bond donors (Lipinski definition) is 0. The van der Waals surface area contributed by atoms with E-state index in [1.165, 1.54) is 19.3 Å². The predicted molar refractivity (Wildman–Crippen MR) is 111 cm³/mol. The van der Waals surface area contributed by atoms with E-state index in [0.29, 0.717) is 17.0 Å². The highest BCUT2D eigenvalue weighted by atomic mass is 32.2. The largest absolute Gasteiger partial charge is 0.573 e. The van der Waals surface area contributed by atoms with Crippen LogP contribution in [0.1, 0.15) is 36.1 Å². The van der Waals surface area contributed by atoms with Crippen LogP contribution >= 0.6 is 0 Å². The molecule has 3 aromatic rings. The van der Waals surface area contributed by atoms with Crippen molar-refractivity contribution in [2.45, 2.75) is 37.1 Å². The number of sulfone groups is 1. The molecule has 0 amide bonds. The molecule has 3 rings (SSSR count). The van der Waals surface area contributed by atoms with Crippen LogP contribution in [0, 0.1) is 0 Å². The van der Waals surface area contributed by atoms with Crippen molar-refractivity contribution < 1.29 is 40.4 Å². The Morgan fingerprint density at radius 2 is 1.82 bits per heavy atom. The number of halogens is 3. The maximum Gasteiger partial charge on any atom is 0.573 e. The van der Waals surface area contributed by atoms with Crippen LogP contribution in [0.5, 0.6) is 11.5 Å². The monoisotopic (exact) mass is 483 g/mol. The molecule has 0 saturated carbocycles. The summed E-state index contributed by atoms with van der Waals surface area (Å²) in [7, 11) is -3.98. The van der Waals surface area contributed by atoms with Gasteiger partial charge in [-0.05, 0) is 42.3 Å². The molecule has 176 valence electrons. The van der Waals surface area contributed by atoms with Gasteiger partial charge < -0.3 is 14.0 Å². The average molecular weight is 483 g/mol. The number of benzene rings is 2. The van der Waals surface area contributed by atoms with Gasteiger partial charge in [0.25, 0.3) is 0 Å². The fourth-order valence-corrected chi connectivity index (χ4v) is 4.03. The van der Waals surface area contributed by atoms with E-state index >= 15 is 0 Å². The molecule has 0 bridgehead atoms. The summed E-state index contributed by atoms with van der Waals surface area (Å²) in [6.07, 6.45) is -2.56. The standard InChI is InChI=1S/C22H20F3NO6S/c1-14(27)11-18(19-9-10-31-26-19)16-4-6-17(7-5-16)30-13-15-3-8-20(32-22(23,24)25)21(12-15)33(2,28)29/h3-10,12,18H,11,13H2,1-2H3/t18-/m0/s1. The van der Waals surface area contributed by atoms with Crippen molar-refractivity contribution in [1.29, 1.82) is 0 Å². The fourth-order valence-electron chi connectivity index (χ4n) is 3.19. The molecule has 1 aromatic heterocycles. The number of ketones is 1. The van der Waals surface area contributed by atoms with Crippen molar-refractivity contribution in [2.24, 2.45) is 0 Å². The summed E-state index contributed by atoms with van der Waals surface area (Å²) in [6, 6.07) is 11.9. The van der Waals surface area contributed by atoms with Gasteiger partial charge in [0.1, 0.15) is 35.0 Å². The molecule has 0 radical (unpaired) electrons. The van der Waals surface area contributed by atoms with Crippen molar-refractivity contribution in [3.63, 3.8) is 0 Å². The molecular weight excluding hydrogens is 463 g/mol. The maximum absolute atomic E-state index is 12.6. The summed E-state index contributed by atoms with van der Waals surface area (Å²) in [5.41, 5.74) is 1.78. The number of rotatable bonds is 9. The highest BCUT2D eigenvalue weighted by Crippen LogP contribution is 2.32. The van der Waals surface area contributed by atoms with Crippen LogP contribution in [0.15, 0.2) is 64.2 Å². The predicted octanol–water partition coefficient (Wildman–Crippen LogP) is 4.67. The van der Waals surface area contributed by atoms with E-state index in [4.69, 9.17) is 9.26 Å². The number of alkyl halides is 3. The number of hydrogen-bond acceptors (Lipinski definition) is 7. The summed E-state index contributed by atoms with van der Waals surface area (Å²) in [4.78, 5) is 11.1. The van der Waals surface area contributed by atoms with E-state index in [2.05, 4.69) is 9.89 Å². The fraction of sp³-hybridized carbons (Fsp3) is 0.273. The second-order valence-corrected chi connectivity index (χ2v) is 9.33. The van der Waals surface area contributed by atoms with Crippen molar-refractivity contribution in [2.75, 3.05) is 6.26 Å². The van der Waals surface area contributed by atoms with E-state index in [0.717, 1.165) is 24.0 Å². The first-order valence-corrected chi connectivity index (χ1v) is 11.5. The van der Waals surface area contributed by atoms with Crippen LogP contribution in [0.4, 0.5) is 13.2 Å². The Bertz CT molecular complexity index is 1210. The molecule has 0 spiro atoms. The average Bonchev–Trinajstić information content (AvgIpc) is 3.24. The Kier molecular flexibility index (Phi) is 7.11. The minimum Gasteiger partial charge on any atom is -0.489 e. The molecule has 2 aromatic carbocycles. The SMILES string of the molecule is CC(=O)C[C@@H](c1ccc(OCc2ccc(OC(F)(F)F)c(S(C)(=O)=O)c2)cc1)c1ccon1. The van der Waals surface area contributed by atoms with Crippen LogP contribution in [0.25, 0.3) is 0 Å². The Labute approximate surface area is 188 Å². The molecule has 0 fully saturated rings. The molecule has 33 heavy (non-hydrogen) atoms. The van der Waals surface area contributed by atoms with Crippen LogP contribution in [0.3, 0.4) is 0 Å². The summed E-state index contributed by atoms with van der Waals surface area (Å²) in [6.45, 7) is 1.40. The lowest BCUT2D eigenvalue weighted by molar-refractivity contribution is -0.275. The van der Waals surface area contributed by atoms with Crippen molar-refractivity contribution in [3.8, 4) is 11.5 Å². The number of carbonyl (C=O) groups is 1. The molecule has 0 aliphatic carbocycles. The van der Waals surface area contributed by atoms with E-state index in [1.54, 1.807) is 30.3 Å². The third-order valence-corrected chi connectivity index (χ3v) is 5.75. The van der Waals surface area contributed by atoms with Gasteiger partial charge in [-0.25, -0.2) is 8.42 Å². The Morgan fingerprint density at radius 3 is 2.36 bits per heavy atom. The number of aromatic nitrogens is 1. The topological polar surface area (TPSA) is 95.7 Å². The molecule has 0 N–H and O–H groups in total. The maximum atomic E-state index is 12.6. The van der Waals surface area contributed by atoms with Crippen molar-refractivity contribution >= 4 is 15.6 Å². The van der Waals surface area contributed by atoms with E-state index in [9.17, 15) is 26.4 Å². The Balaban J connectivity index is 1.75. The Morgan fingerprint density at radius 1 is 1.12 bits per heavy atom. The van der Waals surface area contributed by atoms with Gasteiger partial charge in [-0.3, -0.25) is 4.79 Å². The van der Waals surface area contributed by atoms with Gasteiger partial charge in [-0.1, -0.05) is 23.4 Å². The van der Waals surface area contributed by atoms with Crippen molar-refractivity contribution in [3.05, 3.63) is 71.6 Å². The lowest BCUT2D eigenvalue weighted by atomic mass is 9.91. The number of nitrogens with zero attached hydrogens (tertiary/aromatic N) is 1. The minimum absolute atomic E-state index is 0.0112. The third-order valence-electron chi connectivity index (χ3n) is 4.63. The van der Waals surface area contributed by atoms with Crippen LogP contribution in [0.2, 0.25) is 0 Å². The molecule has 0 unspecified atom stereocenters. The Hall–Kier alpha value is -3.34. The van der Waals surface area contributed by atoms with Gasteiger partial charge in [0.2, 0.25) is 0 Å². The zero-order valence-corrected chi connectivity index (χ0v) is 18.4. The third kappa shape index (κ3) is 6.82. The zero-order valence-electron chi connectivity index (χ0n) is 17.6. The van der Waals surface area contributed by atoms with Gasteiger partial charge in [0, 0.05) is 24.7 Å². The first-order valence-electron chi connectivity index (χ1n) is 9.63. The first kappa shape index (κ1) is 24.3. The minimum atomic E-state index is -5.02. The van der Waals surface area contributed by atoms with Gasteiger partial charge in [0.05, 0.1) is 5.69 Å². The van der Waals surface area contributed by atoms with Crippen LogP contribution in [-0.4, -0.2) is 32.0 Å². The number of ether oxygens (including phenoxy) is 2. The highest BCUT2D eigenvalue weighted by molar-refractivity contribution is 7.90. The van der Waals surface area contributed by atoms with Gasteiger partial charge in [-0.2, -0.15) is 0 Å². The van der Waals surface area contributed by atoms with Crippen molar-refractivity contribution in [1.82, 2.24) is 5.16 Å². The number of Topliss-reactive ketones (excluding diaryl/α,β-unsaturated/α-hetero) is 1. The summed E-state index contributed by atoms with van der Waals surface area (Å²) < 4.78 is 75.9. The van der Waals surface area contributed by atoms with E-state index in [-0.39, 0.29) is 24.7 Å². The molecule has 0 aliphatic rings. The molecule has 11 heteroatoms. The van der Waals surface area contributed by atoms with E-state index < -0.39 is 26.8 Å². The quantitative estimate of drug-likeness (QED) is 0.437. The molecule has 0 saturated heterocycles. The van der Waals surface area contributed by atoms with Gasteiger partial charge in [-0.15, -0.1) is 13.2 Å². The molecule has 0 aliphatic heterocycles. The molecule has 1 atom stereocenters. The normalized spacial score (nSPS) is 12.9. The number of carbonyl (C=O) groups excluding carboxylic acids is 1. The molecule has 7 nitrogen and oxygen atoms in total. The van der Waals surface area contributed by atoms with Gasteiger partial charge >= 0.3 is 6.36 Å². The van der Waals surface area contributed by atoms with E-state index in [1.807, 2.05) is 0 Å². The van der Waals surface area contributed by atoms with Gasteiger partial charge in [0.15, 0.2) is 9.84 Å². The lowest BCUT2D eigenvalue weighted by Gasteiger charge is -2.15. The zero-order chi connectivity index (χ0) is 24.2. The second-order valence-electron chi connectivity index (χ2n) is 7.34. The van der Waals surface area contributed by atoms with Crippen LogP contribution < -0.4 is 9.47 Å². The summed E-state index contributed by atoms with van der Waals surface area (Å²) in [5.74, 6) is -0.656. The summed E-state index contributed by atoms with van der Waals surface area (Å²) in [5, 5.41) is 3.91. The second kappa shape index (κ2) is 9.65. The molecular formula is C22H20F3NO6S.